The smallest absolute Gasteiger partial charge is 0.293 e. The Labute approximate surface area is 97.3 Å². The molecule has 0 bridgehead atoms. The number of hydrogen-bond acceptors (Lipinski definition) is 4. The van der Waals surface area contributed by atoms with Crippen molar-refractivity contribution in [1.29, 1.82) is 0 Å². The highest BCUT2D eigenvalue weighted by Crippen LogP contribution is 2.32. The number of rotatable bonds is 2. The van der Waals surface area contributed by atoms with Crippen LogP contribution in [0.4, 0.5) is 4.79 Å². The van der Waals surface area contributed by atoms with Gasteiger partial charge in [-0.1, -0.05) is 0 Å². The van der Waals surface area contributed by atoms with Gasteiger partial charge in [-0.05, 0) is 37.7 Å². The fourth-order valence-corrected chi connectivity index (χ4v) is 2.32. The van der Waals surface area contributed by atoms with Crippen LogP contribution >= 0.6 is 11.8 Å². The molecule has 0 N–H and O–H groups in total. The van der Waals surface area contributed by atoms with Crippen LogP contribution in [0.25, 0.3) is 6.08 Å². The number of thioether (sulfide) groups is 1. The minimum absolute atomic E-state index is 0.220. The second kappa shape index (κ2) is 4.17. The summed E-state index contributed by atoms with van der Waals surface area (Å²) >= 11 is 0.949. The Morgan fingerprint density at radius 2 is 2.19 bits per heavy atom. The van der Waals surface area contributed by atoms with Crippen molar-refractivity contribution >= 4 is 29.0 Å². The molecule has 0 spiro atoms. The van der Waals surface area contributed by atoms with Crippen LogP contribution in [0.15, 0.2) is 21.5 Å². The van der Waals surface area contributed by atoms with Crippen molar-refractivity contribution in [1.82, 2.24) is 4.90 Å². The van der Waals surface area contributed by atoms with Gasteiger partial charge in [0.15, 0.2) is 0 Å². The third-order valence-electron chi connectivity index (χ3n) is 2.22. The highest BCUT2D eigenvalue weighted by molar-refractivity contribution is 8.18. The Morgan fingerprint density at radius 1 is 1.44 bits per heavy atom. The molecule has 2 amide bonds. The number of hydrogen-bond donors (Lipinski definition) is 0. The predicted molar refractivity (Wildman–Crippen MR) is 61.8 cm³/mol. The van der Waals surface area contributed by atoms with E-state index < -0.39 is 0 Å². The zero-order valence-electron chi connectivity index (χ0n) is 9.02. The minimum Gasteiger partial charge on any atom is -0.462 e. The number of carbonyl (C=O) groups excluding carboxylic acids is 2. The van der Waals surface area contributed by atoms with Crippen LogP contribution in [-0.2, 0) is 4.79 Å². The maximum atomic E-state index is 11.7. The summed E-state index contributed by atoms with van der Waals surface area (Å²) in [5, 5.41) is -0.220. The van der Waals surface area contributed by atoms with Gasteiger partial charge in [-0.25, -0.2) is 0 Å². The number of imide groups is 1. The lowest BCUT2D eigenvalue weighted by Crippen LogP contribution is -2.27. The molecule has 1 fully saturated rings. The fraction of sp³-hybridized carbons (Fsp3) is 0.273. The van der Waals surface area contributed by atoms with E-state index in [0.717, 1.165) is 17.5 Å². The largest absolute Gasteiger partial charge is 0.462 e. The Hall–Kier alpha value is -1.49. The van der Waals surface area contributed by atoms with Gasteiger partial charge >= 0.3 is 0 Å². The second-order valence-electron chi connectivity index (χ2n) is 3.37. The summed E-state index contributed by atoms with van der Waals surface area (Å²) in [4.78, 5) is 24.8. The Morgan fingerprint density at radius 3 is 2.69 bits per heavy atom. The lowest BCUT2D eigenvalue weighted by molar-refractivity contribution is -0.122. The first-order valence-electron chi connectivity index (χ1n) is 4.93. The maximum Gasteiger partial charge on any atom is 0.293 e. The van der Waals surface area contributed by atoms with Crippen molar-refractivity contribution in [3.63, 3.8) is 0 Å². The van der Waals surface area contributed by atoms with E-state index in [-0.39, 0.29) is 11.1 Å². The van der Waals surface area contributed by atoms with Crippen molar-refractivity contribution in [2.24, 2.45) is 0 Å². The standard InChI is InChI=1S/C11H11NO3S/c1-3-12-10(13)9(16-11(12)14)6-8-5-4-7(2)15-8/h4-6H,3H2,1-2H3/b9-6-. The Bertz CT molecular complexity index is 475. The molecular weight excluding hydrogens is 226 g/mol. The highest BCUT2D eigenvalue weighted by atomic mass is 32.2. The Balaban J connectivity index is 2.27. The molecule has 84 valence electrons. The van der Waals surface area contributed by atoms with Crippen LogP contribution in [0, 0.1) is 6.92 Å². The van der Waals surface area contributed by atoms with E-state index in [9.17, 15) is 9.59 Å². The van der Waals surface area contributed by atoms with E-state index in [0.29, 0.717) is 17.2 Å². The van der Waals surface area contributed by atoms with E-state index in [1.54, 1.807) is 19.1 Å². The molecule has 0 saturated carbocycles. The average Bonchev–Trinajstić information content (AvgIpc) is 2.74. The van der Waals surface area contributed by atoms with E-state index in [2.05, 4.69) is 0 Å². The van der Waals surface area contributed by atoms with Crippen LogP contribution in [0.2, 0.25) is 0 Å². The predicted octanol–water partition coefficient (Wildman–Crippen LogP) is 2.64. The van der Waals surface area contributed by atoms with Crippen molar-refractivity contribution in [3.8, 4) is 0 Å². The van der Waals surface area contributed by atoms with Crippen molar-refractivity contribution in [2.45, 2.75) is 13.8 Å². The first kappa shape index (κ1) is 11.0. The van der Waals surface area contributed by atoms with Gasteiger partial charge in [0.1, 0.15) is 11.5 Å². The zero-order valence-corrected chi connectivity index (χ0v) is 9.84. The zero-order chi connectivity index (χ0) is 11.7. The van der Waals surface area contributed by atoms with Gasteiger partial charge in [-0.15, -0.1) is 0 Å². The molecule has 1 aromatic heterocycles. The molecule has 0 unspecified atom stereocenters. The molecule has 2 heterocycles. The van der Waals surface area contributed by atoms with E-state index >= 15 is 0 Å². The third kappa shape index (κ3) is 1.90. The second-order valence-corrected chi connectivity index (χ2v) is 4.37. The summed E-state index contributed by atoms with van der Waals surface area (Å²) in [6.07, 6.45) is 1.60. The number of likely N-dealkylation sites (N-methyl/N-ethyl adjacent to an activating group) is 1. The molecular formula is C11H11NO3S. The van der Waals surface area contributed by atoms with Crippen LogP contribution in [0.5, 0.6) is 0 Å². The van der Waals surface area contributed by atoms with E-state index in [1.807, 2.05) is 13.0 Å². The number of furan rings is 1. The number of amides is 2. The molecule has 0 aromatic carbocycles. The monoisotopic (exact) mass is 237 g/mol. The van der Waals surface area contributed by atoms with Crippen LogP contribution in [0.1, 0.15) is 18.4 Å². The molecule has 16 heavy (non-hydrogen) atoms. The SMILES string of the molecule is CCN1C(=O)S/C(=C\c2ccc(C)o2)C1=O. The van der Waals surface area contributed by atoms with Gasteiger partial charge in [-0.3, -0.25) is 14.5 Å². The molecule has 2 rings (SSSR count). The van der Waals surface area contributed by atoms with Crippen molar-refractivity contribution < 1.29 is 14.0 Å². The molecule has 0 aliphatic carbocycles. The molecule has 0 atom stereocenters. The van der Waals surface area contributed by atoms with Gasteiger partial charge in [0.25, 0.3) is 11.1 Å². The van der Waals surface area contributed by atoms with Crippen LogP contribution < -0.4 is 0 Å². The van der Waals surface area contributed by atoms with Crippen molar-refractivity contribution in [3.05, 3.63) is 28.6 Å². The fourth-order valence-electron chi connectivity index (χ4n) is 1.43. The summed E-state index contributed by atoms with van der Waals surface area (Å²) in [5.74, 6) is 1.13. The van der Waals surface area contributed by atoms with Gasteiger partial charge < -0.3 is 4.42 Å². The minimum atomic E-state index is -0.244. The molecule has 1 saturated heterocycles. The average molecular weight is 237 g/mol. The number of carbonyl (C=O) groups is 2. The summed E-state index contributed by atoms with van der Waals surface area (Å²) in [7, 11) is 0. The number of nitrogens with zero attached hydrogens (tertiary/aromatic N) is 1. The first-order valence-corrected chi connectivity index (χ1v) is 5.75. The maximum absolute atomic E-state index is 11.7. The van der Waals surface area contributed by atoms with E-state index in [1.165, 1.54) is 4.90 Å². The summed E-state index contributed by atoms with van der Waals surface area (Å²) in [6, 6.07) is 3.59. The first-order chi connectivity index (χ1) is 7.61. The lowest BCUT2D eigenvalue weighted by Gasteiger charge is -2.06. The number of aryl methyl sites for hydroxylation is 1. The van der Waals surface area contributed by atoms with Gasteiger partial charge in [0, 0.05) is 12.6 Å². The third-order valence-corrected chi connectivity index (χ3v) is 3.13. The van der Waals surface area contributed by atoms with Gasteiger partial charge in [0.05, 0.1) is 4.91 Å². The normalized spacial score (nSPS) is 18.9. The summed E-state index contributed by atoms with van der Waals surface area (Å²) < 4.78 is 5.33. The van der Waals surface area contributed by atoms with Crippen LogP contribution in [-0.4, -0.2) is 22.6 Å². The highest BCUT2D eigenvalue weighted by Gasteiger charge is 2.33. The topological polar surface area (TPSA) is 50.5 Å². The van der Waals surface area contributed by atoms with Gasteiger partial charge in [0.2, 0.25) is 0 Å². The summed E-state index contributed by atoms with van der Waals surface area (Å²) in [5.41, 5.74) is 0. The lowest BCUT2D eigenvalue weighted by atomic mass is 10.3. The molecule has 0 radical (unpaired) electrons. The van der Waals surface area contributed by atoms with Gasteiger partial charge in [-0.2, -0.15) is 0 Å². The Kier molecular flexibility index (Phi) is 2.87. The van der Waals surface area contributed by atoms with E-state index in [4.69, 9.17) is 4.42 Å². The van der Waals surface area contributed by atoms with Crippen LogP contribution in [0.3, 0.4) is 0 Å². The molecule has 4 nitrogen and oxygen atoms in total. The quantitative estimate of drug-likeness (QED) is 0.742. The molecule has 1 aliphatic heterocycles. The molecule has 5 heteroatoms. The molecule has 1 aliphatic rings. The molecule has 1 aromatic rings. The van der Waals surface area contributed by atoms with Crippen molar-refractivity contribution in [2.75, 3.05) is 6.54 Å². The summed E-state index contributed by atoms with van der Waals surface area (Å²) in [6.45, 7) is 4.00.